The molecule has 0 saturated carbocycles. The number of primary amides is 1. The van der Waals surface area contributed by atoms with Crippen molar-refractivity contribution in [1.29, 1.82) is 0 Å². The summed E-state index contributed by atoms with van der Waals surface area (Å²) in [5.74, 6) is -13.4. The summed E-state index contributed by atoms with van der Waals surface area (Å²) in [6, 6.07) is -6.36. The van der Waals surface area contributed by atoms with E-state index in [-0.39, 0.29) is 44.6 Å². The minimum Gasteiger partial charge on any atom is -0.458 e. The van der Waals surface area contributed by atoms with Crippen LogP contribution >= 0.6 is 0 Å². The van der Waals surface area contributed by atoms with E-state index < -0.39 is 193 Å². The fourth-order valence-electron chi connectivity index (χ4n) is 9.53. The first-order valence-corrected chi connectivity index (χ1v) is 31.1. The van der Waals surface area contributed by atoms with Gasteiger partial charge in [0.25, 0.3) is 0 Å². The van der Waals surface area contributed by atoms with E-state index in [1.807, 2.05) is 30.3 Å². The van der Waals surface area contributed by atoms with Gasteiger partial charge in [-0.1, -0.05) is 125 Å². The number of carbonyl (C=O) groups is 12. The number of aliphatic imine (C=N–C) groups is 1. The van der Waals surface area contributed by atoms with Crippen molar-refractivity contribution < 1.29 is 72.5 Å². The van der Waals surface area contributed by atoms with E-state index in [4.69, 9.17) is 21.9 Å². The molecular formula is C60H101N15O15. The molecular weight excluding hydrogens is 1170 g/mol. The zero-order valence-electron chi connectivity index (χ0n) is 53.9. The molecule has 16 atom stereocenters. The van der Waals surface area contributed by atoms with Crippen molar-refractivity contribution in [3.8, 4) is 0 Å². The number of benzene rings is 1. The normalized spacial score (nSPS) is 20.8. The number of esters is 1. The highest BCUT2D eigenvalue weighted by Crippen LogP contribution is 2.18. The molecule has 19 N–H and O–H groups in total. The largest absolute Gasteiger partial charge is 0.458 e. The number of cyclic esters (lactones) is 1. The van der Waals surface area contributed by atoms with Crippen LogP contribution in [-0.4, -0.2) is 186 Å². The molecule has 1 fully saturated rings. The van der Waals surface area contributed by atoms with Gasteiger partial charge >= 0.3 is 5.97 Å². The molecule has 506 valence electrons. The van der Waals surface area contributed by atoms with Crippen molar-refractivity contribution in [3.63, 3.8) is 0 Å². The standard InChI is InChI=1S/C60H101N15O15/c1-12-21-37-50(80)74-47(34(9)16-5)59(89)90-35(10)48(58(88)68-38(49(79)66-37)24-20-27-65-60(62)63)75-54(84)42(30-77)70-56(86)45(32(7)14-3)73-57(87)46(33(8)15-4)71-51(81)39(25-26-43(61)78)67-53(83)41(29-76)69-55(85)44(31(6)13-2)72-52(82)40(64-11)28-36-22-18-17-19-23-36/h17-19,22-23,31-35,37-42,44-48,64,76-77H,12-16,20-21,24-30H2,1-11H3,(H2,61,78)(H,66,79)(H,67,83)(H,68,88)(H,69,85)(H,70,86)(H,71,81)(H,72,82)(H,73,87)(H,74,80)(H,75,84)(H4,62,63,65)/t31-,32-,33-,34-,35-,37-,38-,39+,40+,41-,42-,44-,45-,46+,47-,48+/m0/s1. The summed E-state index contributed by atoms with van der Waals surface area (Å²) in [6.07, 6.45) is -0.0980. The van der Waals surface area contributed by atoms with Crippen LogP contribution in [0.4, 0.5) is 0 Å². The number of carbonyl (C=O) groups excluding carboxylic acids is 12. The molecule has 1 saturated heterocycles. The van der Waals surface area contributed by atoms with Crippen LogP contribution in [0.15, 0.2) is 35.3 Å². The Balaban J connectivity index is 2.47. The van der Waals surface area contributed by atoms with Gasteiger partial charge in [-0.3, -0.25) is 57.7 Å². The third kappa shape index (κ3) is 25.1. The molecule has 0 radical (unpaired) electrons. The van der Waals surface area contributed by atoms with E-state index in [1.165, 1.54) is 6.92 Å². The van der Waals surface area contributed by atoms with Gasteiger partial charge in [0.15, 0.2) is 5.96 Å². The smallest absolute Gasteiger partial charge is 0.329 e. The maximum Gasteiger partial charge on any atom is 0.329 e. The van der Waals surface area contributed by atoms with Gasteiger partial charge in [-0.25, -0.2) is 4.79 Å². The van der Waals surface area contributed by atoms with Crippen molar-refractivity contribution in [1.82, 2.24) is 58.5 Å². The van der Waals surface area contributed by atoms with Crippen molar-refractivity contribution >= 4 is 76.9 Å². The number of aliphatic hydroxyl groups excluding tert-OH is 2. The summed E-state index contributed by atoms with van der Waals surface area (Å²) in [6.45, 7) is 14.6. The lowest BCUT2D eigenvalue weighted by Crippen LogP contribution is -2.63. The van der Waals surface area contributed by atoms with Gasteiger partial charge < -0.3 is 90.6 Å². The van der Waals surface area contributed by atoms with Gasteiger partial charge in [0.1, 0.15) is 66.5 Å². The number of aliphatic hydroxyl groups is 2. The number of ether oxygens (including phenoxy) is 1. The topological polar surface area (TPSA) is 477 Å². The molecule has 0 bridgehead atoms. The van der Waals surface area contributed by atoms with E-state index in [0.717, 1.165) is 5.56 Å². The van der Waals surface area contributed by atoms with Crippen LogP contribution in [0.5, 0.6) is 0 Å². The number of hydrogen-bond acceptors (Lipinski definition) is 17. The van der Waals surface area contributed by atoms with Crippen LogP contribution in [0, 0.1) is 23.7 Å². The Bertz CT molecular complexity index is 2590. The molecule has 30 nitrogen and oxygen atoms in total. The van der Waals surface area contributed by atoms with Gasteiger partial charge in [0.2, 0.25) is 65.0 Å². The van der Waals surface area contributed by atoms with E-state index in [2.05, 4.69) is 63.5 Å². The number of likely N-dealkylation sites (N-methyl/N-ethyl adjacent to an activating group) is 1. The molecule has 1 aromatic rings. The number of amides is 11. The lowest BCUT2D eigenvalue weighted by molar-refractivity contribution is -0.157. The van der Waals surface area contributed by atoms with E-state index in [0.29, 0.717) is 25.7 Å². The third-order valence-electron chi connectivity index (χ3n) is 16.2. The zero-order chi connectivity index (χ0) is 67.9. The predicted octanol–water partition coefficient (Wildman–Crippen LogP) is -3.10. The Morgan fingerprint density at radius 2 is 1.04 bits per heavy atom. The summed E-state index contributed by atoms with van der Waals surface area (Å²) in [7, 11) is 1.60. The predicted molar refractivity (Wildman–Crippen MR) is 333 cm³/mol. The average molecular weight is 1270 g/mol. The van der Waals surface area contributed by atoms with Gasteiger partial charge in [-0.2, -0.15) is 0 Å². The quantitative estimate of drug-likeness (QED) is 0.0137. The number of nitrogens with one attached hydrogen (secondary N) is 11. The molecule has 1 aliphatic heterocycles. The first-order chi connectivity index (χ1) is 42.6. The van der Waals surface area contributed by atoms with E-state index in [1.54, 1.807) is 69.4 Å². The lowest BCUT2D eigenvalue weighted by Gasteiger charge is -2.31. The van der Waals surface area contributed by atoms with Gasteiger partial charge in [-0.05, 0) is 75.3 Å². The number of nitrogens with zero attached hydrogens (tertiary/aromatic N) is 1. The van der Waals surface area contributed by atoms with Crippen molar-refractivity contribution in [3.05, 3.63) is 35.9 Å². The number of rotatable bonds is 36. The summed E-state index contributed by atoms with van der Waals surface area (Å²) in [5.41, 5.74) is 17.3. The van der Waals surface area contributed by atoms with Gasteiger partial charge in [-0.15, -0.1) is 0 Å². The van der Waals surface area contributed by atoms with E-state index >= 15 is 0 Å². The molecule has 0 aromatic heterocycles. The number of hydrogen-bond donors (Lipinski definition) is 16. The molecule has 90 heavy (non-hydrogen) atoms. The average Bonchev–Trinajstić information content (AvgIpc) is 1.88. The fraction of sp³-hybridized carbons (Fsp3) is 0.683. The first-order valence-electron chi connectivity index (χ1n) is 31.1. The van der Waals surface area contributed by atoms with Crippen LogP contribution in [0.25, 0.3) is 0 Å². The van der Waals surface area contributed by atoms with E-state index in [9.17, 15) is 67.7 Å². The maximum absolute atomic E-state index is 14.5. The number of guanidine groups is 1. The van der Waals surface area contributed by atoms with Crippen molar-refractivity contribution in [2.45, 2.75) is 212 Å². The Hall–Kier alpha value is -7.99. The summed E-state index contributed by atoms with van der Waals surface area (Å²) >= 11 is 0. The molecule has 0 aliphatic carbocycles. The van der Waals surface area contributed by atoms with Gasteiger partial charge in [0, 0.05) is 13.0 Å². The second kappa shape index (κ2) is 39.9. The Morgan fingerprint density at radius 3 is 1.52 bits per heavy atom. The van der Waals surface area contributed by atoms with Crippen molar-refractivity contribution in [2.75, 3.05) is 26.8 Å². The Morgan fingerprint density at radius 1 is 0.589 bits per heavy atom. The molecule has 30 heteroatoms. The lowest BCUT2D eigenvalue weighted by atomic mass is 9.94. The highest BCUT2D eigenvalue weighted by atomic mass is 16.5. The highest BCUT2D eigenvalue weighted by molar-refractivity contribution is 5.99. The molecule has 1 heterocycles. The first kappa shape index (κ1) is 78.1. The maximum atomic E-state index is 14.5. The Kier molecular flexibility index (Phi) is 34.6. The summed E-state index contributed by atoms with van der Waals surface area (Å²) < 4.78 is 5.77. The number of nitrogens with two attached hydrogens (primary N) is 3. The minimum atomic E-state index is -1.84. The molecule has 11 amide bonds. The van der Waals surface area contributed by atoms with Crippen LogP contribution in [-0.2, 0) is 68.7 Å². The SMILES string of the molecule is CCC[C@@H]1NC(=O)[C@H](CCCN=C(N)N)NC(=O)[C@H](NC(=O)[C@H](CO)NC(=O)[C@@H](NC(=O)[C@H](NC(=O)[C@@H](CCC(N)=O)NC(=O)[C@H](CO)NC(=O)[C@@H](NC(=O)[C@@H](Cc2ccccc2)NC)[C@@H](C)CC)[C@@H](C)CC)[C@@H](C)CC)[C@H](C)OC(=O)[C@H]([C@@H](C)CC)NC1=O. The Labute approximate surface area is 527 Å². The van der Waals surface area contributed by atoms with Crippen molar-refractivity contribution in [2.24, 2.45) is 45.9 Å². The van der Waals surface area contributed by atoms with Crippen LogP contribution < -0.4 is 75.7 Å². The minimum absolute atomic E-state index is 0.0443. The summed E-state index contributed by atoms with van der Waals surface area (Å²) in [5, 5.41) is 49.7. The summed E-state index contributed by atoms with van der Waals surface area (Å²) in [4.78, 5) is 171. The van der Waals surface area contributed by atoms with Crippen LogP contribution in [0.3, 0.4) is 0 Å². The molecule has 0 unspecified atom stereocenters. The molecule has 0 spiro atoms. The monoisotopic (exact) mass is 1270 g/mol. The zero-order valence-corrected chi connectivity index (χ0v) is 53.9. The molecule has 2 rings (SSSR count). The molecule has 1 aliphatic rings. The second-order valence-corrected chi connectivity index (χ2v) is 23.1. The highest BCUT2D eigenvalue weighted by Gasteiger charge is 2.41. The molecule has 1 aromatic carbocycles. The van der Waals surface area contributed by atoms with Crippen LogP contribution in [0.2, 0.25) is 0 Å². The van der Waals surface area contributed by atoms with Crippen LogP contribution in [0.1, 0.15) is 139 Å². The fourth-order valence-corrected chi connectivity index (χ4v) is 9.53. The van der Waals surface area contributed by atoms with Gasteiger partial charge in [0.05, 0.1) is 19.3 Å². The second-order valence-electron chi connectivity index (χ2n) is 23.1. The third-order valence-corrected chi connectivity index (χ3v) is 16.2.